The second-order valence-corrected chi connectivity index (χ2v) is 10.3. The van der Waals surface area contributed by atoms with Gasteiger partial charge in [-0.15, -0.1) is 0 Å². The summed E-state index contributed by atoms with van der Waals surface area (Å²) in [6, 6.07) is 12.4. The van der Waals surface area contributed by atoms with Gasteiger partial charge in [0.25, 0.3) is 0 Å². The molecule has 1 saturated carbocycles. The molecule has 2 aromatic rings. The highest BCUT2D eigenvalue weighted by atomic mass is 19.4. The second-order valence-electron chi connectivity index (χ2n) is 10.3. The van der Waals surface area contributed by atoms with E-state index in [0.29, 0.717) is 12.8 Å². The number of fused-ring (bicyclic) bond motifs is 1. The molecule has 1 aliphatic carbocycles. The number of nitrogens with one attached hydrogen (secondary N) is 1. The van der Waals surface area contributed by atoms with Crippen LogP contribution in [0.1, 0.15) is 42.9 Å². The Bertz CT molecular complexity index is 1200. The molecule has 0 aromatic heterocycles. The van der Waals surface area contributed by atoms with Gasteiger partial charge in [0.2, 0.25) is 5.91 Å². The first kappa shape index (κ1) is 27.7. The highest BCUT2D eigenvalue weighted by Gasteiger charge is 2.53. The minimum Gasteiger partial charge on any atom is -0.497 e. The van der Waals surface area contributed by atoms with Crippen LogP contribution in [0.3, 0.4) is 0 Å². The van der Waals surface area contributed by atoms with Crippen LogP contribution in [0.4, 0.5) is 13.2 Å². The van der Waals surface area contributed by atoms with E-state index < -0.39 is 23.8 Å². The highest BCUT2D eigenvalue weighted by molar-refractivity contribution is 5.92. The van der Waals surface area contributed by atoms with Crippen molar-refractivity contribution in [2.24, 2.45) is 5.92 Å². The maximum Gasteiger partial charge on any atom is 0.416 e. The van der Waals surface area contributed by atoms with E-state index in [1.54, 1.807) is 7.11 Å². The van der Waals surface area contributed by atoms with E-state index in [-0.39, 0.29) is 28.9 Å². The summed E-state index contributed by atoms with van der Waals surface area (Å²) in [6.07, 6.45) is -0.354. The first-order valence-corrected chi connectivity index (χ1v) is 12.7. The second kappa shape index (κ2) is 11.2. The molecule has 0 bridgehead atoms. The van der Waals surface area contributed by atoms with Crippen LogP contribution in [-0.2, 0) is 25.9 Å². The SMILES string of the molecule is COc1cccc(C23CCN(C)CC2C(OC(C)=O)CC(NC(=O)C=Cc2cccc(C(F)(F)F)c2)C3)c1. The molecule has 2 fully saturated rings. The van der Waals surface area contributed by atoms with Crippen molar-refractivity contribution in [3.05, 3.63) is 71.3 Å². The van der Waals surface area contributed by atoms with Gasteiger partial charge in [-0.25, -0.2) is 0 Å². The molecule has 1 saturated heterocycles. The van der Waals surface area contributed by atoms with Gasteiger partial charge in [-0.3, -0.25) is 9.59 Å². The zero-order valence-electron chi connectivity index (χ0n) is 21.8. The van der Waals surface area contributed by atoms with Gasteiger partial charge in [0.1, 0.15) is 11.9 Å². The van der Waals surface area contributed by atoms with E-state index in [2.05, 4.69) is 16.3 Å². The number of halogens is 3. The number of esters is 1. The van der Waals surface area contributed by atoms with Crippen molar-refractivity contribution in [2.75, 3.05) is 27.2 Å². The van der Waals surface area contributed by atoms with Crippen LogP contribution in [0, 0.1) is 5.92 Å². The standard InChI is InChI=1S/C29H33F3N2O4/c1-19(35)38-26-16-23(33-27(36)11-10-20-6-4-8-22(14-20)29(30,31)32)17-28(12-13-34(2)18-25(26)28)21-7-5-9-24(15-21)37-3/h4-11,14-15,23,25-26H,12-13,16-18H2,1-3H3,(H,33,36). The van der Waals surface area contributed by atoms with E-state index in [1.165, 1.54) is 31.2 Å². The molecule has 0 radical (unpaired) electrons. The number of carbonyl (C=O) groups excluding carboxylic acids is 2. The van der Waals surface area contributed by atoms with Gasteiger partial charge in [-0.05, 0) is 67.9 Å². The van der Waals surface area contributed by atoms with E-state index in [4.69, 9.17) is 9.47 Å². The number of methoxy groups -OCH3 is 1. The average molecular weight is 531 g/mol. The Morgan fingerprint density at radius 2 is 1.92 bits per heavy atom. The molecule has 38 heavy (non-hydrogen) atoms. The third-order valence-electron chi connectivity index (χ3n) is 7.68. The Balaban J connectivity index is 1.60. The van der Waals surface area contributed by atoms with E-state index in [9.17, 15) is 22.8 Å². The van der Waals surface area contributed by atoms with Gasteiger partial charge < -0.3 is 19.7 Å². The lowest BCUT2D eigenvalue weighted by Gasteiger charge is -2.55. The number of rotatable bonds is 6. The number of ether oxygens (including phenoxy) is 2. The molecule has 1 heterocycles. The largest absolute Gasteiger partial charge is 0.497 e. The van der Waals surface area contributed by atoms with Crippen LogP contribution in [0.15, 0.2) is 54.6 Å². The molecule has 0 spiro atoms. The number of nitrogens with zero attached hydrogens (tertiary/aromatic N) is 1. The van der Waals surface area contributed by atoms with Gasteiger partial charge in [-0.2, -0.15) is 13.2 Å². The predicted octanol–water partition coefficient (Wildman–Crippen LogP) is 4.83. The van der Waals surface area contributed by atoms with Crippen molar-refractivity contribution in [1.82, 2.24) is 10.2 Å². The fraction of sp³-hybridized carbons (Fsp3) is 0.448. The van der Waals surface area contributed by atoms with Crippen LogP contribution >= 0.6 is 0 Å². The normalized spacial score (nSPS) is 26.0. The third kappa shape index (κ3) is 6.20. The van der Waals surface area contributed by atoms with Crippen molar-refractivity contribution in [3.63, 3.8) is 0 Å². The van der Waals surface area contributed by atoms with E-state index >= 15 is 0 Å². The van der Waals surface area contributed by atoms with Gasteiger partial charge in [0.15, 0.2) is 0 Å². The van der Waals surface area contributed by atoms with Crippen molar-refractivity contribution < 1.29 is 32.2 Å². The number of alkyl halides is 3. The molecular formula is C29H33F3N2O4. The Morgan fingerprint density at radius 3 is 2.63 bits per heavy atom. The van der Waals surface area contributed by atoms with Crippen LogP contribution < -0.4 is 10.1 Å². The lowest BCUT2D eigenvalue weighted by atomic mass is 9.57. The lowest BCUT2D eigenvalue weighted by Crippen LogP contribution is -2.61. The molecule has 1 amide bonds. The zero-order chi connectivity index (χ0) is 27.5. The monoisotopic (exact) mass is 530 g/mol. The maximum absolute atomic E-state index is 13.0. The smallest absolute Gasteiger partial charge is 0.416 e. The molecule has 204 valence electrons. The fourth-order valence-corrected chi connectivity index (χ4v) is 5.97. The third-order valence-corrected chi connectivity index (χ3v) is 7.68. The zero-order valence-corrected chi connectivity index (χ0v) is 21.8. The van der Waals surface area contributed by atoms with Crippen LogP contribution in [0.2, 0.25) is 0 Å². The summed E-state index contributed by atoms with van der Waals surface area (Å²) < 4.78 is 50.4. The number of piperidine rings is 1. The predicted molar refractivity (Wildman–Crippen MR) is 137 cm³/mol. The average Bonchev–Trinajstić information content (AvgIpc) is 2.87. The van der Waals surface area contributed by atoms with Gasteiger partial charge in [0, 0.05) is 43.3 Å². The molecule has 4 rings (SSSR count). The van der Waals surface area contributed by atoms with Crippen molar-refractivity contribution in [2.45, 2.75) is 49.9 Å². The number of amides is 1. The Hall–Kier alpha value is -3.33. The Kier molecular flexibility index (Phi) is 8.16. The molecular weight excluding hydrogens is 497 g/mol. The number of hydrogen-bond donors (Lipinski definition) is 1. The topological polar surface area (TPSA) is 67.9 Å². The summed E-state index contributed by atoms with van der Waals surface area (Å²) in [5.74, 6) is -0.0415. The summed E-state index contributed by atoms with van der Waals surface area (Å²) in [7, 11) is 3.66. The van der Waals surface area contributed by atoms with Crippen LogP contribution in [0.25, 0.3) is 6.08 Å². The summed E-state index contributed by atoms with van der Waals surface area (Å²) in [5, 5.41) is 3.02. The number of hydrogen-bond acceptors (Lipinski definition) is 5. The molecule has 4 atom stereocenters. The van der Waals surface area contributed by atoms with Gasteiger partial charge >= 0.3 is 12.1 Å². The number of likely N-dealkylation sites (tertiary alicyclic amines) is 1. The van der Waals surface area contributed by atoms with E-state index in [0.717, 1.165) is 43.0 Å². The molecule has 9 heteroatoms. The van der Waals surface area contributed by atoms with Crippen LogP contribution in [-0.4, -0.2) is 56.2 Å². The minimum atomic E-state index is -4.46. The lowest BCUT2D eigenvalue weighted by molar-refractivity contribution is -0.157. The summed E-state index contributed by atoms with van der Waals surface area (Å²) in [6.45, 7) is 2.97. The highest BCUT2D eigenvalue weighted by Crippen LogP contribution is 2.50. The number of benzene rings is 2. The molecule has 1 N–H and O–H groups in total. The quantitative estimate of drug-likeness (QED) is 0.428. The Morgan fingerprint density at radius 1 is 1.16 bits per heavy atom. The number of carbonyl (C=O) groups is 2. The summed E-state index contributed by atoms with van der Waals surface area (Å²) >= 11 is 0. The van der Waals surface area contributed by atoms with Crippen molar-refractivity contribution in [3.8, 4) is 5.75 Å². The van der Waals surface area contributed by atoms with E-state index in [1.807, 2.05) is 25.2 Å². The van der Waals surface area contributed by atoms with Crippen LogP contribution in [0.5, 0.6) is 5.75 Å². The van der Waals surface area contributed by atoms with Gasteiger partial charge in [0.05, 0.1) is 12.7 Å². The molecule has 6 nitrogen and oxygen atoms in total. The molecule has 4 unspecified atom stereocenters. The fourth-order valence-electron chi connectivity index (χ4n) is 5.97. The maximum atomic E-state index is 13.0. The molecule has 1 aliphatic heterocycles. The Labute approximate surface area is 220 Å². The minimum absolute atomic E-state index is 0.0195. The first-order chi connectivity index (χ1) is 18.0. The first-order valence-electron chi connectivity index (χ1n) is 12.7. The molecule has 2 aromatic carbocycles. The molecule has 2 aliphatic rings. The van der Waals surface area contributed by atoms with Crippen molar-refractivity contribution in [1.29, 1.82) is 0 Å². The summed E-state index contributed by atoms with van der Waals surface area (Å²) in [4.78, 5) is 27.2. The van der Waals surface area contributed by atoms with Gasteiger partial charge in [-0.1, -0.05) is 24.3 Å². The van der Waals surface area contributed by atoms with Crippen molar-refractivity contribution >= 4 is 18.0 Å². The summed E-state index contributed by atoms with van der Waals surface area (Å²) in [5.41, 5.74) is 0.220.